The maximum Gasteiger partial charge on any atom is 0.327 e. The summed E-state index contributed by atoms with van der Waals surface area (Å²) in [4.78, 5) is 16.8. The third-order valence-electron chi connectivity index (χ3n) is 3.99. The fraction of sp³-hybridized carbons (Fsp3) is 0.588. The van der Waals surface area contributed by atoms with Crippen LogP contribution in [-0.2, 0) is 9.53 Å². The minimum absolute atomic E-state index is 0. The molecule has 1 atom stereocenters. The van der Waals surface area contributed by atoms with Crippen LogP contribution in [0.1, 0.15) is 25.5 Å². The Balaban J connectivity index is 0.00000288. The topological polar surface area (TPSA) is 58.8 Å². The molecule has 7 heteroatoms. The highest BCUT2D eigenvalue weighted by Gasteiger charge is 2.32. The lowest BCUT2D eigenvalue weighted by molar-refractivity contribution is -0.148. The predicted molar refractivity (Wildman–Crippen MR) is 99.7 cm³/mol. The van der Waals surface area contributed by atoms with Gasteiger partial charge in [-0.2, -0.15) is 0 Å². The highest BCUT2D eigenvalue weighted by atomic mass is 35.5. The molecule has 2 rings (SSSR count). The lowest BCUT2D eigenvalue weighted by Crippen LogP contribution is -2.54. The monoisotopic (exact) mass is 375 g/mol. The van der Waals surface area contributed by atoms with Crippen molar-refractivity contribution < 1.29 is 9.53 Å². The van der Waals surface area contributed by atoms with Gasteiger partial charge in [-0.05, 0) is 31.5 Å². The average molecular weight is 376 g/mol. The van der Waals surface area contributed by atoms with E-state index in [9.17, 15) is 4.79 Å². The maximum atomic E-state index is 12.3. The first-order valence-electron chi connectivity index (χ1n) is 7.89. The molecule has 0 amide bonds. The molecule has 5 nitrogen and oxygen atoms in total. The van der Waals surface area contributed by atoms with Crippen molar-refractivity contribution in [2.24, 2.45) is 5.73 Å². The second-order valence-electron chi connectivity index (χ2n) is 6.78. The number of carbonyl (C=O) groups is 1. The van der Waals surface area contributed by atoms with E-state index >= 15 is 0 Å². The summed E-state index contributed by atoms with van der Waals surface area (Å²) < 4.78 is 5.01. The van der Waals surface area contributed by atoms with Gasteiger partial charge in [0.2, 0.25) is 0 Å². The molecule has 24 heavy (non-hydrogen) atoms. The molecule has 2 N–H and O–H groups in total. The molecule has 1 saturated heterocycles. The van der Waals surface area contributed by atoms with E-state index in [2.05, 4.69) is 9.80 Å². The Kier molecular flexibility index (Phi) is 7.96. The van der Waals surface area contributed by atoms with E-state index in [0.29, 0.717) is 5.02 Å². The van der Waals surface area contributed by atoms with Gasteiger partial charge in [-0.3, -0.25) is 9.80 Å². The number of piperazine rings is 1. The normalized spacial score (nSPS) is 17.9. The van der Waals surface area contributed by atoms with Crippen LogP contribution in [0.15, 0.2) is 24.3 Å². The van der Waals surface area contributed by atoms with Gasteiger partial charge in [0.25, 0.3) is 0 Å². The van der Waals surface area contributed by atoms with Gasteiger partial charge in [-0.1, -0.05) is 23.7 Å². The number of esters is 1. The number of ether oxygens (including phenoxy) is 1. The number of hydrogen-bond donors (Lipinski definition) is 1. The predicted octanol–water partition coefficient (Wildman–Crippen LogP) is 2.33. The van der Waals surface area contributed by atoms with Gasteiger partial charge >= 0.3 is 5.97 Å². The third kappa shape index (κ3) is 5.90. The first-order chi connectivity index (χ1) is 10.8. The number of benzene rings is 1. The molecular formula is C17H27Cl2N3O2. The van der Waals surface area contributed by atoms with E-state index < -0.39 is 6.04 Å². The Bertz CT molecular complexity index is 541. The van der Waals surface area contributed by atoms with Crippen LogP contribution in [0.25, 0.3) is 0 Å². The van der Waals surface area contributed by atoms with E-state index in [1.165, 1.54) is 7.11 Å². The van der Waals surface area contributed by atoms with E-state index in [-0.39, 0.29) is 23.9 Å². The number of hydrogen-bond acceptors (Lipinski definition) is 5. The third-order valence-corrected chi connectivity index (χ3v) is 4.23. The molecule has 0 aromatic heterocycles. The average Bonchev–Trinajstić information content (AvgIpc) is 2.47. The van der Waals surface area contributed by atoms with E-state index in [4.69, 9.17) is 22.1 Å². The Morgan fingerprint density at radius 3 is 2.46 bits per heavy atom. The summed E-state index contributed by atoms with van der Waals surface area (Å²) in [7, 11) is 1.42. The molecule has 1 aromatic carbocycles. The van der Waals surface area contributed by atoms with Crippen LogP contribution in [0, 0.1) is 0 Å². The fourth-order valence-corrected chi connectivity index (χ4v) is 3.24. The summed E-state index contributed by atoms with van der Waals surface area (Å²) in [6.45, 7) is 8.26. The van der Waals surface area contributed by atoms with Crippen LogP contribution >= 0.6 is 24.0 Å². The summed E-state index contributed by atoms with van der Waals surface area (Å²) in [5, 5.41) is 0.625. The first-order valence-corrected chi connectivity index (χ1v) is 8.26. The van der Waals surface area contributed by atoms with Gasteiger partial charge in [-0.25, -0.2) is 4.79 Å². The Hall–Kier alpha value is -0.850. The van der Waals surface area contributed by atoms with Crippen molar-refractivity contribution in [2.45, 2.75) is 25.4 Å². The Morgan fingerprint density at radius 2 is 1.96 bits per heavy atom. The van der Waals surface area contributed by atoms with Crippen molar-refractivity contribution in [3.63, 3.8) is 0 Å². The number of nitrogens with zero attached hydrogens (tertiary/aromatic N) is 2. The van der Waals surface area contributed by atoms with Gasteiger partial charge in [0, 0.05) is 43.3 Å². The standard InChI is InChI=1S/C17H26ClN3O2.ClH/c1-17(2,19)12-20-7-9-21(10-8-20)15(16(22)23-3)13-5-4-6-14(18)11-13;/h4-6,11,15H,7-10,12,19H2,1-3H3;1H. The lowest BCUT2D eigenvalue weighted by atomic mass is 10.0. The van der Waals surface area contributed by atoms with E-state index in [1.54, 1.807) is 6.07 Å². The Labute approximate surface area is 155 Å². The van der Waals surface area contributed by atoms with Gasteiger partial charge in [0.05, 0.1) is 7.11 Å². The van der Waals surface area contributed by atoms with Crippen molar-refractivity contribution in [1.82, 2.24) is 9.80 Å². The molecule has 1 unspecified atom stereocenters. The van der Waals surface area contributed by atoms with Crippen LogP contribution in [0.2, 0.25) is 5.02 Å². The molecule has 0 aliphatic carbocycles. The summed E-state index contributed by atoms with van der Waals surface area (Å²) in [5.74, 6) is -0.250. The van der Waals surface area contributed by atoms with E-state index in [0.717, 1.165) is 38.3 Å². The zero-order valence-electron chi connectivity index (χ0n) is 14.5. The number of rotatable bonds is 5. The second kappa shape index (κ2) is 9.02. The number of methoxy groups -OCH3 is 1. The van der Waals surface area contributed by atoms with Crippen LogP contribution in [0.4, 0.5) is 0 Å². The summed E-state index contributed by atoms with van der Waals surface area (Å²) in [6, 6.07) is 7.01. The fourth-order valence-electron chi connectivity index (χ4n) is 3.04. The molecule has 0 radical (unpaired) electrons. The van der Waals surface area contributed by atoms with Crippen LogP contribution in [0.5, 0.6) is 0 Å². The summed E-state index contributed by atoms with van der Waals surface area (Å²) in [5.41, 5.74) is 6.75. The van der Waals surface area contributed by atoms with Crippen LogP contribution < -0.4 is 5.73 Å². The van der Waals surface area contributed by atoms with Crippen molar-refractivity contribution >= 4 is 30.0 Å². The molecule has 1 aliphatic rings. The van der Waals surface area contributed by atoms with Crippen molar-refractivity contribution in [3.8, 4) is 0 Å². The number of nitrogens with two attached hydrogens (primary N) is 1. The molecule has 0 saturated carbocycles. The maximum absolute atomic E-state index is 12.3. The minimum atomic E-state index is -0.410. The highest BCUT2D eigenvalue weighted by molar-refractivity contribution is 6.30. The smallest absolute Gasteiger partial charge is 0.327 e. The zero-order chi connectivity index (χ0) is 17.0. The van der Waals surface area contributed by atoms with Gasteiger partial charge in [-0.15, -0.1) is 12.4 Å². The largest absolute Gasteiger partial charge is 0.468 e. The van der Waals surface area contributed by atoms with Gasteiger partial charge < -0.3 is 10.5 Å². The number of halogens is 2. The van der Waals surface area contributed by atoms with Gasteiger partial charge in [0.15, 0.2) is 0 Å². The molecule has 1 aliphatic heterocycles. The molecule has 1 heterocycles. The SMILES string of the molecule is COC(=O)C(c1cccc(Cl)c1)N1CCN(CC(C)(C)N)CC1.Cl. The van der Waals surface area contributed by atoms with Crippen LogP contribution in [-0.4, -0.2) is 61.1 Å². The van der Waals surface area contributed by atoms with E-state index in [1.807, 2.05) is 32.0 Å². The molecule has 1 aromatic rings. The molecule has 0 bridgehead atoms. The summed E-state index contributed by atoms with van der Waals surface area (Å²) >= 11 is 6.08. The quantitative estimate of drug-likeness (QED) is 0.800. The van der Waals surface area contributed by atoms with Crippen LogP contribution in [0.3, 0.4) is 0 Å². The zero-order valence-corrected chi connectivity index (χ0v) is 16.1. The first kappa shape index (κ1) is 21.2. The van der Waals surface area contributed by atoms with Crippen molar-refractivity contribution in [2.75, 3.05) is 39.8 Å². The Morgan fingerprint density at radius 1 is 1.33 bits per heavy atom. The molecule has 136 valence electrons. The molecular weight excluding hydrogens is 349 g/mol. The summed E-state index contributed by atoms with van der Waals surface area (Å²) in [6.07, 6.45) is 0. The second-order valence-corrected chi connectivity index (χ2v) is 7.22. The van der Waals surface area contributed by atoms with Crippen molar-refractivity contribution in [3.05, 3.63) is 34.9 Å². The molecule has 1 fully saturated rings. The minimum Gasteiger partial charge on any atom is -0.468 e. The molecule has 0 spiro atoms. The van der Waals surface area contributed by atoms with Gasteiger partial charge in [0.1, 0.15) is 6.04 Å². The lowest BCUT2D eigenvalue weighted by Gasteiger charge is -2.40. The number of carbonyl (C=O) groups excluding carboxylic acids is 1. The van der Waals surface area contributed by atoms with Crippen molar-refractivity contribution in [1.29, 1.82) is 0 Å². The highest BCUT2D eigenvalue weighted by Crippen LogP contribution is 2.26.